The van der Waals surface area contributed by atoms with E-state index in [1.807, 2.05) is 54.6 Å². The number of fused-ring (bicyclic) bond motifs is 4. The number of hydrogen-bond acceptors (Lipinski definition) is 5. The van der Waals surface area contributed by atoms with Crippen molar-refractivity contribution in [2.45, 2.75) is 26.3 Å². The maximum atomic E-state index is 14.0. The van der Waals surface area contributed by atoms with Crippen molar-refractivity contribution in [3.63, 3.8) is 0 Å². The molecule has 1 atom stereocenters. The molecule has 0 bridgehead atoms. The van der Waals surface area contributed by atoms with Gasteiger partial charge in [-0.05, 0) is 55.2 Å². The number of carbonyl (C=O) groups is 1. The van der Waals surface area contributed by atoms with E-state index in [1.54, 1.807) is 17.0 Å². The van der Waals surface area contributed by atoms with Crippen LogP contribution in [-0.2, 0) is 0 Å². The van der Waals surface area contributed by atoms with Crippen LogP contribution < -0.4 is 10.2 Å². The molecule has 2 heterocycles. The molecule has 4 aromatic rings. The lowest BCUT2D eigenvalue weighted by Crippen LogP contribution is -2.33. The molecule has 190 valence electrons. The Morgan fingerprint density at radius 3 is 2.62 bits per heavy atom. The van der Waals surface area contributed by atoms with E-state index in [9.17, 15) is 9.59 Å². The molecule has 0 spiro atoms. The normalized spacial score (nSPS) is 15.1. The first-order valence-electron chi connectivity index (χ1n) is 12.9. The summed E-state index contributed by atoms with van der Waals surface area (Å²) in [4.78, 5) is 31.9. The molecule has 1 unspecified atom stereocenters. The standard InChI is InChI=1S/C31H32N2O4/c1-4-19-36-23-13-9-12-22(20-23)27-26-28(34)25-16-15-21-11-7-8-14-24(21)29(25)37-30(26)31(35)33(27)18-10-17-32(5-2)6-3/h4,7-9,11-16,20,27H,1,5-6,10,17-19H2,2-3H3. The smallest absolute Gasteiger partial charge is 0.290 e. The summed E-state index contributed by atoms with van der Waals surface area (Å²) in [6.07, 6.45) is 2.48. The summed E-state index contributed by atoms with van der Waals surface area (Å²) < 4.78 is 12.1. The molecule has 1 amide bonds. The average molecular weight is 497 g/mol. The van der Waals surface area contributed by atoms with Gasteiger partial charge in [-0.3, -0.25) is 9.59 Å². The van der Waals surface area contributed by atoms with Gasteiger partial charge in [-0.2, -0.15) is 0 Å². The van der Waals surface area contributed by atoms with Crippen molar-refractivity contribution in [2.75, 3.05) is 32.8 Å². The second kappa shape index (κ2) is 10.6. The van der Waals surface area contributed by atoms with Crippen LogP contribution in [-0.4, -0.2) is 48.5 Å². The minimum atomic E-state index is -0.543. The van der Waals surface area contributed by atoms with Crippen LogP contribution in [0.25, 0.3) is 21.7 Å². The SMILES string of the molecule is C=CCOc1cccc(C2c3c(oc4c(ccc5ccccc54)c3=O)C(=O)N2CCCN(CC)CC)c1. The van der Waals surface area contributed by atoms with Crippen LogP contribution in [0.15, 0.2) is 82.5 Å². The van der Waals surface area contributed by atoms with Gasteiger partial charge in [-0.25, -0.2) is 0 Å². The van der Waals surface area contributed by atoms with Crippen molar-refractivity contribution in [3.8, 4) is 5.75 Å². The zero-order valence-corrected chi connectivity index (χ0v) is 21.4. The van der Waals surface area contributed by atoms with E-state index in [0.29, 0.717) is 35.4 Å². The molecule has 5 rings (SSSR count). The van der Waals surface area contributed by atoms with Gasteiger partial charge in [0.1, 0.15) is 17.9 Å². The molecule has 3 aromatic carbocycles. The molecule has 1 aliphatic rings. The highest BCUT2D eigenvalue weighted by Gasteiger charge is 2.42. The zero-order valence-electron chi connectivity index (χ0n) is 21.4. The quantitative estimate of drug-likeness (QED) is 0.205. The monoisotopic (exact) mass is 496 g/mol. The Balaban J connectivity index is 1.64. The van der Waals surface area contributed by atoms with Gasteiger partial charge in [0.2, 0.25) is 5.76 Å². The van der Waals surface area contributed by atoms with Crippen molar-refractivity contribution in [1.82, 2.24) is 9.80 Å². The highest BCUT2D eigenvalue weighted by atomic mass is 16.5. The van der Waals surface area contributed by atoms with Crippen LogP contribution >= 0.6 is 0 Å². The number of benzene rings is 3. The third-order valence-corrected chi connectivity index (χ3v) is 7.17. The summed E-state index contributed by atoms with van der Waals surface area (Å²) in [5.41, 5.74) is 1.52. The molecule has 0 fully saturated rings. The van der Waals surface area contributed by atoms with Crippen LogP contribution in [0.3, 0.4) is 0 Å². The fourth-order valence-electron chi connectivity index (χ4n) is 5.26. The largest absolute Gasteiger partial charge is 0.490 e. The summed E-state index contributed by atoms with van der Waals surface area (Å²) >= 11 is 0. The first kappa shape index (κ1) is 24.8. The van der Waals surface area contributed by atoms with E-state index in [0.717, 1.165) is 42.4 Å². The molecule has 1 aromatic heterocycles. The van der Waals surface area contributed by atoms with Gasteiger partial charge in [0.25, 0.3) is 5.91 Å². The Bertz CT molecular complexity index is 1520. The number of carbonyl (C=O) groups excluding carboxylic acids is 1. The van der Waals surface area contributed by atoms with Crippen LogP contribution in [0.5, 0.6) is 5.75 Å². The van der Waals surface area contributed by atoms with E-state index in [2.05, 4.69) is 25.3 Å². The lowest BCUT2D eigenvalue weighted by Gasteiger charge is -2.27. The Labute approximate surface area is 216 Å². The lowest BCUT2D eigenvalue weighted by atomic mass is 9.97. The first-order chi connectivity index (χ1) is 18.1. The van der Waals surface area contributed by atoms with Gasteiger partial charge >= 0.3 is 0 Å². The van der Waals surface area contributed by atoms with Crippen molar-refractivity contribution in [2.24, 2.45) is 0 Å². The third-order valence-electron chi connectivity index (χ3n) is 7.17. The summed E-state index contributed by atoms with van der Waals surface area (Å²) in [5.74, 6) is 0.556. The third kappa shape index (κ3) is 4.53. The van der Waals surface area contributed by atoms with E-state index < -0.39 is 6.04 Å². The molecular formula is C31H32N2O4. The van der Waals surface area contributed by atoms with Crippen molar-refractivity contribution < 1.29 is 13.9 Å². The number of hydrogen-bond donors (Lipinski definition) is 0. The molecule has 0 saturated carbocycles. The van der Waals surface area contributed by atoms with Crippen LogP contribution in [0, 0.1) is 0 Å². The summed E-state index contributed by atoms with van der Waals surface area (Å²) in [5, 5.41) is 2.27. The number of nitrogens with zero attached hydrogens (tertiary/aromatic N) is 2. The highest BCUT2D eigenvalue weighted by molar-refractivity contribution is 6.06. The zero-order chi connectivity index (χ0) is 25.9. The van der Waals surface area contributed by atoms with Crippen molar-refractivity contribution >= 4 is 27.6 Å². The summed E-state index contributed by atoms with van der Waals surface area (Å²) in [6.45, 7) is 11.6. The first-order valence-corrected chi connectivity index (χ1v) is 12.9. The van der Waals surface area contributed by atoms with Crippen molar-refractivity contribution in [1.29, 1.82) is 0 Å². The molecular weight excluding hydrogens is 464 g/mol. The highest BCUT2D eigenvalue weighted by Crippen LogP contribution is 2.40. The lowest BCUT2D eigenvalue weighted by molar-refractivity contribution is 0.0720. The molecule has 6 heteroatoms. The second-order valence-corrected chi connectivity index (χ2v) is 9.29. The van der Waals surface area contributed by atoms with Gasteiger partial charge < -0.3 is 19.0 Å². The Kier molecular flexibility index (Phi) is 7.10. The molecule has 6 nitrogen and oxygen atoms in total. The predicted molar refractivity (Wildman–Crippen MR) is 147 cm³/mol. The molecule has 0 aliphatic carbocycles. The average Bonchev–Trinajstić information content (AvgIpc) is 3.21. The van der Waals surface area contributed by atoms with Crippen LogP contribution in [0.1, 0.15) is 48.0 Å². The minimum Gasteiger partial charge on any atom is -0.490 e. The summed E-state index contributed by atoms with van der Waals surface area (Å²) in [6, 6.07) is 18.5. The van der Waals surface area contributed by atoms with Crippen LogP contribution in [0.2, 0.25) is 0 Å². The Morgan fingerprint density at radius 2 is 1.84 bits per heavy atom. The number of amides is 1. The topological polar surface area (TPSA) is 63.0 Å². The number of rotatable bonds is 10. The van der Waals surface area contributed by atoms with E-state index in [4.69, 9.17) is 9.15 Å². The molecule has 0 saturated heterocycles. The fourth-order valence-corrected chi connectivity index (χ4v) is 5.26. The Morgan fingerprint density at radius 1 is 1.03 bits per heavy atom. The molecule has 1 aliphatic heterocycles. The molecule has 37 heavy (non-hydrogen) atoms. The fraction of sp³-hybridized carbons (Fsp3) is 0.290. The summed E-state index contributed by atoms with van der Waals surface area (Å²) in [7, 11) is 0. The van der Waals surface area contributed by atoms with Gasteiger partial charge in [0, 0.05) is 11.9 Å². The van der Waals surface area contributed by atoms with E-state index in [-0.39, 0.29) is 17.1 Å². The minimum absolute atomic E-state index is 0.138. The maximum Gasteiger partial charge on any atom is 0.290 e. The van der Waals surface area contributed by atoms with Crippen LogP contribution in [0.4, 0.5) is 0 Å². The second-order valence-electron chi connectivity index (χ2n) is 9.29. The number of ether oxygens (including phenoxy) is 1. The van der Waals surface area contributed by atoms with Gasteiger partial charge in [-0.15, -0.1) is 0 Å². The van der Waals surface area contributed by atoms with Gasteiger partial charge in [-0.1, -0.05) is 69.0 Å². The predicted octanol–water partition coefficient (Wildman–Crippen LogP) is 5.79. The van der Waals surface area contributed by atoms with E-state index >= 15 is 0 Å². The van der Waals surface area contributed by atoms with E-state index in [1.165, 1.54) is 0 Å². The maximum absolute atomic E-state index is 14.0. The molecule has 0 radical (unpaired) electrons. The van der Waals surface area contributed by atoms with Gasteiger partial charge in [0.05, 0.1) is 17.0 Å². The molecule has 0 N–H and O–H groups in total. The van der Waals surface area contributed by atoms with Crippen molar-refractivity contribution in [3.05, 3.63) is 100 Å². The van der Waals surface area contributed by atoms with Gasteiger partial charge in [0.15, 0.2) is 5.43 Å². The Hall–Kier alpha value is -3.90.